The summed E-state index contributed by atoms with van der Waals surface area (Å²) >= 11 is 0. The quantitative estimate of drug-likeness (QED) is 0.0332. The Morgan fingerprint density at radius 2 is 0.686 bits per heavy atom. The van der Waals surface area contributed by atoms with Crippen LogP contribution in [-0.2, 0) is 47.7 Å². The number of rotatable bonds is 19. The number of nitrogens with one attached hydrogen (secondary N) is 2. The zero-order valence-electron chi connectivity index (χ0n) is 49.7. The van der Waals surface area contributed by atoms with Crippen molar-refractivity contribution in [2.75, 3.05) is 40.1 Å². The van der Waals surface area contributed by atoms with Gasteiger partial charge in [0.15, 0.2) is 19.8 Å². The number of benzene rings is 4. The van der Waals surface area contributed by atoms with Crippen molar-refractivity contribution >= 4 is 76.2 Å². The summed E-state index contributed by atoms with van der Waals surface area (Å²) in [5.41, 5.74) is 8.52. The molecule has 2 N–H and O–H groups in total. The molecular formula is C68H68N4O14. The van der Waals surface area contributed by atoms with Crippen LogP contribution >= 0.6 is 0 Å². The summed E-state index contributed by atoms with van der Waals surface area (Å²) in [6, 6.07) is 37.5. The van der Waals surface area contributed by atoms with Gasteiger partial charge in [-0.25, -0.2) is 24.4 Å². The number of methoxy groups -OCH3 is 1. The molecule has 444 valence electrons. The maximum Gasteiger partial charge on any atom is 0.344 e. The molecule has 0 amide bonds. The Hall–Kier alpha value is -9.97. The van der Waals surface area contributed by atoms with Gasteiger partial charge in [0.2, 0.25) is 0 Å². The highest BCUT2D eigenvalue weighted by atomic mass is 16.6. The first-order valence-corrected chi connectivity index (χ1v) is 27.9. The predicted molar refractivity (Wildman–Crippen MR) is 328 cm³/mol. The maximum atomic E-state index is 12.9. The van der Waals surface area contributed by atoms with Gasteiger partial charge in [-0.15, -0.1) is 0 Å². The lowest BCUT2D eigenvalue weighted by atomic mass is 10.0. The predicted octanol–water partition coefficient (Wildman–Crippen LogP) is 13.0. The molecule has 0 fully saturated rings. The Morgan fingerprint density at radius 1 is 0.384 bits per heavy atom. The SMILES string of the molecule is COC(=O)CC(=O)OCCOc1cccc(-c2c3nc(c(-c4cccc(OCC(=O)OC(C)(C)C)c4)c4ccc([nH]4)c(-c4cccc(OCC(=O)OC(C)(C)C)c4)c4nc(c(-c5cccc(OCC(=O)OC(C)(C)C)c5)c5ccc2[nH]5)C=C4)C=C3)c1. The van der Waals surface area contributed by atoms with E-state index in [4.69, 9.17) is 47.9 Å². The van der Waals surface area contributed by atoms with E-state index >= 15 is 0 Å². The van der Waals surface area contributed by atoms with E-state index in [0.29, 0.717) is 107 Å². The van der Waals surface area contributed by atoms with Gasteiger partial charge >= 0.3 is 29.8 Å². The number of H-pyrrole nitrogens is 2. The van der Waals surface area contributed by atoms with Crippen LogP contribution < -0.4 is 18.9 Å². The van der Waals surface area contributed by atoms with Gasteiger partial charge in [-0.1, -0.05) is 48.5 Å². The number of carbonyl (C=O) groups is 5. The molecule has 86 heavy (non-hydrogen) atoms. The number of ether oxygens (including phenoxy) is 9. The maximum absolute atomic E-state index is 12.9. The van der Waals surface area contributed by atoms with E-state index in [1.165, 1.54) is 7.11 Å². The molecule has 8 bridgehead atoms. The van der Waals surface area contributed by atoms with E-state index in [2.05, 4.69) is 14.7 Å². The van der Waals surface area contributed by atoms with Crippen LogP contribution in [0.4, 0.5) is 0 Å². The van der Waals surface area contributed by atoms with E-state index in [1.807, 2.05) is 121 Å². The van der Waals surface area contributed by atoms with Crippen molar-refractivity contribution in [2.45, 2.75) is 85.5 Å². The minimum absolute atomic E-state index is 0.00586. The number of hydrogen-bond donors (Lipinski definition) is 2. The van der Waals surface area contributed by atoms with Crippen LogP contribution in [0.3, 0.4) is 0 Å². The third kappa shape index (κ3) is 16.0. The first-order valence-electron chi connectivity index (χ1n) is 27.9. The van der Waals surface area contributed by atoms with Gasteiger partial charge in [-0.05, 0) is 182 Å². The summed E-state index contributed by atoms with van der Waals surface area (Å²) in [5.74, 6) is -1.27. The summed E-state index contributed by atoms with van der Waals surface area (Å²) in [6.07, 6.45) is 7.23. The van der Waals surface area contributed by atoms with Crippen LogP contribution in [0.15, 0.2) is 121 Å². The lowest BCUT2D eigenvalue weighted by molar-refractivity contribution is -0.158. The Kier molecular flexibility index (Phi) is 18.2. The summed E-state index contributed by atoms with van der Waals surface area (Å²) < 4.78 is 50.8. The monoisotopic (exact) mass is 1160 g/mol. The Labute approximate surface area is 498 Å². The van der Waals surface area contributed by atoms with E-state index in [0.717, 1.165) is 5.56 Å². The molecule has 0 radical (unpaired) electrons. The molecule has 3 aromatic heterocycles. The topological polar surface area (TPSA) is 226 Å². The molecule has 7 aromatic rings. The molecule has 5 heterocycles. The van der Waals surface area contributed by atoms with Crippen molar-refractivity contribution in [1.29, 1.82) is 0 Å². The fraction of sp³-hybridized carbons (Fsp3) is 0.279. The van der Waals surface area contributed by atoms with E-state index in [-0.39, 0.29) is 33.0 Å². The van der Waals surface area contributed by atoms with Crippen molar-refractivity contribution in [3.63, 3.8) is 0 Å². The molecule has 0 saturated heterocycles. The van der Waals surface area contributed by atoms with Gasteiger partial charge in [0.1, 0.15) is 59.4 Å². The first kappa shape index (κ1) is 60.6. The van der Waals surface area contributed by atoms with Gasteiger partial charge in [0, 0.05) is 44.3 Å². The molecule has 2 aliphatic rings. The minimum atomic E-state index is -0.736. The van der Waals surface area contributed by atoms with Gasteiger partial charge < -0.3 is 52.6 Å². The van der Waals surface area contributed by atoms with Gasteiger partial charge in [0.25, 0.3) is 0 Å². The third-order valence-corrected chi connectivity index (χ3v) is 12.7. The molecular weight excluding hydrogens is 1100 g/mol. The second-order valence-electron chi connectivity index (χ2n) is 23.1. The molecule has 18 nitrogen and oxygen atoms in total. The largest absolute Gasteiger partial charge is 0.490 e. The van der Waals surface area contributed by atoms with E-state index in [1.54, 1.807) is 86.6 Å². The molecule has 0 spiro atoms. The molecule has 4 aromatic carbocycles. The van der Waals surface area contributed by atoms with Crippen molar-refractivity contribution < 1.29 is 66.6 Å². The van der Waals surface area contributed by atoms with Crippen LogP contribution in [0.25, 0.3) is 90.9 Å². The lowest BCUT2D eigenvalue weighted by Crippen LogP contribution is -2.27. The number of nitrogens with zero attached hydrogens (tertiary/aromatic N) is 2. The second kappa shape index (κ2) is 25.9. The highest BCUT2D eigenvalue weighted by molar-refractivity contribution is 6.00. The Bertz CT molecular complexity index is 3890. The number of esters is 5. The third-order valence-electron chi connectivity index (χ3n) is 12.7. The van der Waals surface area contributed by atoms with Crippen molar-refractivity contribution in [1.82, 2.24) is 19.9 Å². The minimum Gasteiger partial charge on any atom is -0.490 e. The molecule has 18 heteroatoms. The molecule has 0 saturated carbocycles. The van der Waals surface area contributed by atoms with Crippen molar-refractivity contribution in [3.8, 4) is 67.5 Å². The zero-order valence-corrected chi connectivity index (χ0v) is 49.7. The zero-order chi connectivity index (χ0) is 61.3. The van der Waals surface area contributed by atoms with Crippen LogP contribution in [0.1, 0.15) is 91.5 Å². The molecule has 2 aliphatic heterocycles. The molecule has 9 rings (SSSR count). The Balaban J connectivity index is 1.27. The van der Waals surface area contributed by atoms with Crippen molar-refractivity contribution in [3.05, 3.63) is 144 Å². The van der Waals surface area contributed by atoms with Gasteiger partial charge in [0.05, 0.1) is 29.9 Å². The summed E-state index contributed by atoms with van der Waals surface area (Å²) in [6.45, 7) is 15.1. The normalized spacial score (nSPS) is 12.0. The smallest absolute Gasteiger partial charge is 0.344 e. The van der Waals surface area contributed by atoms with Gasteiger partial charge in [-0.2, -0.15) is 0 Å². The fourth-order valence-electron chi connectivity index (χ4n) is 9.48. The number of aromatic amines is 2. The number of aromatic nitrogens is 4. The fourth-order valence-corrected chi connectivity index (χ4v) is 9.48. The highest BCUT2D eigenvalue weighted by Gasteiger charge is 2.23. The van der Waals surface area contributed by atoms with Crippen LogP contribution in [-0.4, -0.2) is 107 Å². The standard InChI is InChI=1S/C68H68N4O14/c1-66(2,3)84-59(75)38-81-46-20-12-16-42(34-46)63-51-25-23-49(69-51)62(41-15-11-19-45(33-41)79-31-32-80-58(74)37-57(73)78-10)50-24-26-52(70-50)64(43-17-13-21-47(35-43)82-39-60(76)85-67(4,5)6)54-28-30-56(72-54)65(55-29-27-53(63)71-55)44-18-14-22-48(36-44)83-40-61(77)86-68(7,8)9/h11-30,33-36,69,72H,31-32,37-40H2,1-10H3. The summed E-state index contributed by atoms with van der Waals surface area (Å²) in [5, 5.41) is 0. The van der Waals surface area contributed by atoms with Crippen molar-refractivity contribution in [2.24, 2.45) is 0 Å². The number of fused-ring (bicyclic) bond motifs is 8. The summed E-state index contributed by atoms with van der Waals surface area (Å²) in [7, 11) is 1.20. The summed E-state index contributed by atoms with van der Waals surface area (Å²) in [4.78, 5) is 80.9. The average molecular weight is 1170 g/mol. The molecule has 0 aliphatic carbocycles. The van der Waals surface area contributed by atoms with E-state index in [9.17, 15) is 24.0 Å². The average Bonchev–Trinajstić information content (AvgIpc) is 3.18. The van der Waals surface area contributed by atoms with Crippen LogP contribution in [0, 0.1) is 0 Å². The van der Waals surface area contributed by atoms with E-state index < -0.39 is 53.1 Å². The number of hydrogen-bond acceptors (Lipinski definition) is 16. The van der Waals surface area contributed by atoms with Crippen LogP contribution in [0.5, 0.6) is 23.0 Å². The lowest BCUT2D eigenvalue weighted by Gasteiger charge is -2.19. The Morgan fingerprint density at radius 3 is 0.977 bits per heavy atom. The number of carbonyl (C=O) groups excluding carboxylic acids is 5. The second-order valence-corrected chi connectivity index (χ2v) is 23.1. The molecule has 0 unspecified atom stereocenters. The van der Waals surface area contributed by atoms with Crippen LogP contribution in [0.2, 0.25) is 0 Å². The highest BCUT2D eigenvalue weighted by Crippen LogP contribution is 2.40. The first-order chi connectivity index (χ1) is 40.9. The van der Waals surface area contributed by atoms with Gasteiger partial charge in [-0.3, -0.25) is 9.59 Å². The molecule has 0 atom stereocenters.